The van der Waals surface area contributed by atoms with E-state index in [0.717, 1.165) is 0 Å². The van der Waals surface area contributed by atoms with Crippen molar-refractivity contribution in [1.82, 2.24) is 4.31 Å². The molecule has 1 saturated heterocycles. The van der Waals surface area contributed by atoms with Crippen molar-refractivity contribution >= 4 is 10.0 Å². The van der Waals surface area contributed by atoms with Crippen molar-refractivity contribution in [3.63, 3.8) is 0 Å². The van der Waals surface area contributed by atoms with Crippen LogP contribution in [-0.2, 0) is 14.8 Å². The zero-order valence-electron chi connectivity index (χ0n) is 9.92. The van der Waals surface area contributed by atoms with Gasteiger partial charge in [-0.1, -0.05) is 0 Å². The highest BCUT2D eigenvalue weighted by Gasteiger charge is 2.26. The number of sulfonamides is 1. The molecule has 0 amide bonds. The summed E-state index contributed by atoms with van der Waals surface area (Å²) in [6, 6.07) is 0. The molecular formula is C10H21NO4S. The second-order valence-electron chi connectivity index (χ2n) is 4.37. The third-order valence-electron chi connectivity index (χ3n) is 2.61. The molecule has 0 spiro atoms. The van der Waals surface area contributed by atoms with Crippen LogP contribution in [0.3, 0.4) is 0 Å². The van der Waals surface area contributed by atoms with Crippen molar-refractivity contribution in [1.29, 1.82) is 0 Å². The molecule has 1 aliphatic rings. The summed E-state index contributed by atoms with van der Waals surface area (Å²) >= 11 is 0. The predicted molar refractivity (Wildman–Crippen MR) is 61.7 cm³/mol. The molecular weight excluding hydrogens is 230 g/mol. The largest absolute Gasteiger partial charge is 0.393 e. The van der Waals surface area contributed by atoms with Gasteiger partial charge in [-0.15, -0.1) is 0 Å². The Morgan fingerprint density at radius 3 is 2.44 bits per heavy atom. The smallest absolute Gasteiger partial charge is 0.216 e. The van der Waals surface area contributed by atoms with Gasteiger partial charge in [0.15, 0.2) is 0 Å². The van der Waals surface area contributed by atoms with Crippen LogP contribution in [-0.4, -0.2) is 55.5 Å². The van der Waals surface area contributed by atoms with E-state index in [-0.39, 0.29) is 24.6 Å². The summed E-state index contributed by atoms with van der Waals surface area (Å²) in [6.07, 6.45) is 0.769. The third kappa shape index (κ3) is 4.37. The molecule has 0 radical (unpaired) electrons. The maximum Gasteiger partial charge on any atom is 0.216 e. The van der Waals surface area contributed by atoms with E-state index in [1.165, 1.54) is 4.31 Å². The minimum Gasteiger partial charge on any atom is -0.393 e. The first kappa shape index (κ1) is 13.9. The molecule has 16 heavy (non-hydrogen) atoms. The number of nitrogens with zero attached hydrogens (tertiary/aromatic N) is 1. The van der Waals surface area contributed by atoms with E-state index in [4.69, 9.17) is 4.74 Å². The first-order valence-corrected chi connectivity index (χ1v) is 7.30. The van der Waals surface area contributed by atoms with E-state index in [9.17, 15) is 13.5 Å². The Labute approximate surface area is 97.4 Å². The lowest BCUT2D eigenvalue weighted by molar-refractivity contribution is 0.0893. The molecule has 1 rings (SSSR count). The Hall–Kier alpha value is -0.170. The van der Waals surface area contributed by atoms with Crippen LogP contribution < -0.4 is 0 Å². The average molecular weight is 251 g/mol. The van der Waals surface area contributed by atoms with Crippen molar-refractivity contribution in [2.45, 2.75) is 38.9 Å². The highest BCUT2D eigenvalue weighted by molar-refractivity contribution is 7.89. The van der Waals surface area contributed by atoms with Gasteiger partial charge >= 0.3 is 0 Å². The van der Waals surface area contributed by atoms with Crippen LogP contribution >= 0.6 is 0 Å². The van der Waals surface area contributed by atoms with Gasteiger partial charge in [-0.25, -0.2) is 12.7 Å². The van der Waals surface area contributed by atoms with Gasteiger partial charge in [0.2, 0.25) is 10.0 Å². The quantitative estimate of drug-likeness (QED) is 0.758. The highest BCUT2D eigenvalue weighted by atomic mass is 32.2. The zero-order chi connectivity index (χ0) is 12.2. The van der Waals surface area contributed by atoms with E-state index < -0.39 is 10.0 Å². The van der Waals surface area contributed by atoms with E-state index in [1.54, 1.807) is 0 Å². The maximum absolute atomic E-state index is 11.8. The van der Waals surface area contributed by atoms with E-state index >= 15 is 0 Å². The van der Waals surface area contributed by atoms with Crippen molar-refractivity contribution in [2.24, 2.45) is 0 Å². The minimum atomic E-state index is -3.21. The number of piperidine rings is 1. The number of rotatable bonds is 5. The lowest BCUT2D eigenvalue weighted by atomic mass is 10.1. The van der Waals surface area contributed by atoms with Crippen molar-refractivity contribution < 1.29 is 18.3 Å². The standard InChI is InChI=1S/C10H21NO4S/c1-9(2)15-7-8-16(13,14)11-5-3-10(12)4-6-11/h9-10,12H,3-8H2,1-2H3. The van der Waals surface area contributed by atoms with Crippen LogP contribution in [0.25, 0.3) is 0 Å². The summed E-state index contributed by atoms with van der Waals surface area (Å²) in [5.41, 5.74) is 0. The first-order chi connectivity index (χ1) is 7.42. The SMILES string of the molecule is CC(C)OCCS(=O)(=O)N1CCC(O)CC1. The predicted octanol–water partition coefficient (Wildman–Crippen LogP) is 0.198. The topological polar surface area (TPSA) is 66.8 Å². The van der Waals surface area contributed by atoms with Crippen LogP contribution in [0.5, 0.6) is 0 Å². The number of ether oxygens (including phenoxy) is 1. The van der Waals surface area contributed by atoms with Crippen LogP contribution in [0.4, 0.5) is 0 Å². The summed E-state index contributed by atoms with van der Waals surface area (Å²) in [4.78, 5) is 0. The van der Waals surface area contributed by atoms with E-state index in [0.29, 0.717) is 25.9 Å². The van der Waals surface area contributed by atoms with Gasteiger partial charge in [-0.2, -0.15) is 0 Å². The molecule has 0 aromatic heterocycles. The molecule has 1 heterocycles. The van der Waals surface area contributed by atoms with Gasteiger partial charge < -0.3 is 9.84 Å². The molecule has 1 aliphatic heterocycles. The Morgan fingerprint density at radius 1 is 1.38 bits per heavy atom. The van der Waals surface area contributed by atoms with E-state index in [1.807, 2.05) is 13.8 Å². The second-order valence-corrected chi connectivity index (χ2v) is 6.45. The van der Waals surface area contributed by atoms with Crippen molar-refractivity contribution in [3.8, 4) is 0 Å². The molecule has 6 heteroatoms. The van der Waals surface area contributed by atoms with Crippen LogP contribution in [0.15, 0.2) is 0 Å². The lowest BCUT2D eigenvalue weighted by Crippen LogP contribution is -2.41. The van der Waals surface area contributed by atoms with Crippen LogP contribution in [0, 0.1) is 0 Å². The number of hydrogen-bond acceptors (Lipinski definition) is 4. The van der Waals surface area contributed by atoms with Crippen LogP contribution in [0.2, 0.25) is 0 Å². The number of aliphatic hydroxyl groups excluding tert-OH is 1. The monoisotopic (exact) mass is 251 g/mol. The van der Waals surface area contributed by atoms with E-state index in [2.05, 4.69) is 0 Å². The van der Waals surface area contributed by atoms with Gasteiger partial charge in [0.25, 0.3) is 0 Å². The van der Waals surface area contributed by atoms with Gasteiger partial charge in [0.1, 0.15) is 0 Å². The number of hydrogen-bond donors (Lipinski definition) is 1. The minimum absolute atomic E-state index is 0.0290. The van der Waals surface area contributed by atoms with Gasteiger partial charge in [0.05, 0.1) is 24.6 Å². The summed E-state index contributed by atoms with van der Waals surface area (Å²) in [7, 11) is -3.21. The third-order valence-corrected chi connectivity index (χ3v) is 4.44. The van der Waals surface area contributed by atoms with Crippen LogP contribution in [0.1, 0.15) is 26.7 Å². The molecule has 0 aromatic rings. The average Bonchev–Trinajstić information content (AvgIpc) is 2.17. The molecule has 0 atom stereocenters. The molecule has 0 aromatic carbocycles. The molecule has 0 aliphatic carbocycles. The normalized spacial score (nSPS) is 20.5. The lowest BCUT2D eigenvalue weighted by Gasteiger charge is -2.28. The fourth-order valence-electron chi connectivity index (χ4n) is 1.64. The molecule has 96 valence electrons. The van der Waals surface area contributed by atoms with Gasteiger partial charge in [-0.3, -0.25) is 0 Å². The van der Waals surface area contributed by atoms with Gasteiger partial charge in [-0.05, 0) is 26.7 Å². The fraction of sp³-hybridized carbons (Fsp3) is 1.00. The summed E-state index contributed by atoms with van der Waals surface area (Å²) in [5.74, 6) is 0.0290. The molecule has 0 saturated carbocycles. The fourth-order valence-corrected chi connectivity index (χ4v) is 2.97. The summed E-state index contributed by atoms with van der Waals surface area (Å²) in [6.45, 7) is 4.84. The molecule has 5 nitrogen and oxygen atoms in total. The van der Waals surface area contributed by atoms with Gasteiger partial charge in [0, 0.05) is 13.1 Å². The molecule has 0 bridgehead atoms. The highest BCUT2D eigenvalue weighted by Crippen LogP contribution is 2.14. The Morgan fingerprint density at radius 2 is 1.94 bits per heavy atom. The summed E-state index contributed by atoms with van der Waals surface area (Å²) in [5, 5.41) is 9.30. The summed E-state index contributed by atoms with van der Waals surface area (Å²) < 4.78 is 30.4. The van der Waals surface area contributed by atoms with Crippen molar-refractivity contribution in [3.05, 3.63) is 0 Å². The second kappa shape index (κ2) is 5.95. The molecule has 1 fully saturated rings. The molecule has 1 N–H and O–H groups in total. The Kier molecular flexibility index (Phi) is 5.17. The first-order valence-electron chi connectivity index (χ1n) is 5.69. The Balaban J connectivity index is 2.38. The Bertz CT molecular complexity index is 294. The molecule has 0 unspecified atom stereocenters. The zero-order valence-corrected chi connectivity index (χ0v) is 10.7. The maximum atomic E-state index is 11.8. The number of aliphatic hydroxyl groups is 1. The van der Waals surface area contributed by atoms with Crippen molar-refractivity contribution in [2.75, 3.05) is 25.4 Å².